The number of fused-ring (bicyclic) bond motifs is 1. The van der Waals surface area contributed by atoms with Crippen molar-refractivity contribution in [1.29, 1.82) is 0 Å². The fourth-order valence-electron chi connectivity index (χ4n) is 3.43. The topological polar surface area (TPSA) is 107 Å². The summed E-state index contributed by atoms with van der Waals surface area (Å²) in [5.74, 6) is -1.48. The maximum absolute atomic E-state index is 12.6. The summed E-state index contributed by atoms with van der Waals surface area (Å²) in [5.41, 5.74) is 0.384. The molecular formula is C17H20N4O5S. The molecule has 0 aromatic rings. The van der Waals surface area contributed by atoms with E-state index in [0.29, 0.717) is 18.6 Å². The van der Waals surface area contributed by atoms with Gasteiger partial charge in [0.05, 0.1) is 16.9 Å². The molecule has 0 N–H and O–H groups in total. The molecule has 0 aromatic heterocycles. The minimum Gasteiger partial charge on any atom is -0.338 e. The van der Waals surface area contributed by atoms with Crippen molar-refractivity contribution < 1.29 is 22.8 Å². The number of imide groups is 1. The van der Waals surface area contributed by atoms with Gasteiger partial charge in [0.1, 0.15) is 6.54 Å². The molecule has 0 radical (unpaired) electrons. The van der Waals surface area contributed by atoms with Crippen LogP contribution in [0.4, 0.5) is 4.79 Å². The zero-order valence-corrected chi connectivity index (χ0v) is 15.5. The molecule has 1 unspecified atom stereocenters. The Morgan fingerprint density at radius 2 is 1.81 bits per heavy atom. The van der Waals surface area contributed by atoms with E-state index < -0.39 is 27.9 Å². The Hall–Kier alpha value is -2.33. The van der Waals surface area contributed by atoms with Crippen molar-refractivity contribution in [2.45, 2.75) is 18.1 Å². The summed E-state index contributed by atoms with van der Waals surface area (Å²) < 4.78 is 26.0. The second-order valence-electron chi connectivity index (χ2n) is 6.99. The molecule has 2 fully saturated rings. The van der Waals surface area contributed by atoms with E-state index in [1.165, 1.54) is 9.21 Å². The smallest absolute Gasteiger partial charge is 0.338 e. The van der Waals surface area contributed by atoms with Crippen LogP contribution < -0.4 is 0 Å². The molecule has 4 rings (SSSR count). The van der Waals surface area contributed by atoms with Gasteiger partial charge in [0.15, 0.2) is 0 Å². The van der Waals surface area contributed by atoms with E-state index in [4.69, 9.17) is 0 Å². The summed E-state index contributed by atoms with van der Waals surface area (Å²) in [4.78, 5) is 43.5. The van der Waals surface area contributed by atoms with Gasteiger partial charge in [-0.3, -0.25) is 14.5 Å². The van der Waals surface area contributed by atoms with E-state index in [2.05, 4.69) is 4.99 Å². The van der Waals surface area contributed by atoms with Crippen molar-refractivity contribution in [1.82, 2.24) is 14.1 Å². The van der Waals surface area contributed by atoms with E-state index in [1.807, 2.05) is 0 Å². The normalized spacial score (nSPS) is 26.2. The molecule has 1 saturated heterocycles. The minimum atomic E-state index is -3.25. The Labute approximate surface area is 157 Å². The molecule has 10 heteroatoms. The number of urea groups is 1. The number of carbonyl (C=O) groups excluding carboxylic acids is 3. The number of amides is 4. The Morgan fingerprint density at radius 1 is 1.11 bits per heavy atom. The molecule has 0 bridgehead atoms. The van der Waals surface area contributed by atoms with Crippen LogP contribution in [0.2, 0.25) is 0 Å². The lowest BCUT2D eigenvalue weighted by molar-refractivity contribution is -0.139. The van der Waals surface area contributed by atoms with E-state index in [0.717, 1.165) is 4.90 Å². The summed E-state index contributed by atoms with van der Waals surface area (Å²) in [7, 11) is -3.25. The molecular weight excluding hydrogens is 372 g/mol. The van der Waals surface area contributed by atoms with Gasteiger partial charge in [0, 0.05) is 26.2 Å². The second-order valence-corrected chi connectivity index (χ2v) is 9.20. The summed E-state index contributed by atoms with van der Waals surface area (Å²) in [6.45, 7) is 0.608. The SMILES string of the molecule is O=C(CN1C(=O)N=C2C=CC=CC2C1=O)N1CCN(S(=O)(=O)C2CC2)CC1. The van der Waals surface area contributed by atoms with Crippen LogP contribution in [0, 0.1) is 5.92 Å². The maximum atomic E-state index is 12.6. The average molecular weight is 392 g/mol. The van der Waals surface area contributed by atoms with Gasteiger partial charge in [-0.2, -0.15) is 9.30 Å². The molecule has 2 aliphatic carbocycles. The highest BCUT2D eigenvalue weighted by Gasteiger charge is 2.42. The van der Waals surface area contributed by atoms with Crippen molar-refractivity contribution in [3.63, 3.8) is 0 Å². The van der Waals surface area contributed by atoms with Crippen molar-refractivity contribution in [2.24, 2.45) is 10.9 Å². The van der Waals surface area contributed by atoms with Gasteiger partial charge >= 0.3 is 6.03 Å². The lowest BCUT2D eigenvalue weighted by atomic mass is 9.95. The third kappa shape index (κ3) is 3.34. The van der Waals surface area contributed by atoms with Crippen molar-refractivity contribution in [3.05, 3.63) is 24.3 Å². The standard InChI is InChI=1S/C17H20N4O5S/c22-15(19-7-9-20(10-8-19)27(25,26)12-5-6-12)11-21-16(23)13-3-1-2-4-14(13)18-17(21)24/h1-4,12-13H,5-11H2. The Kier molecular flexibility index (Phi) is 4.47. The van der Waals surface area contributed by atoms with Crippen molar-refractivity contribution in [2.75, 3.05) is 32.7 Å². The fraction of sp³-hybridized carbons (Fsp3) is 0.529. The number of hydrogen-bond acceptors (Lipinski definition) is 5. The van der Waals surface area contributed by atoms with Gasteiger partial charge < -0.3 is 4.90 Å². The third-order valence-electron chi connectivity index (χ3n) is 5.18. The number of carbonyl (C=O) groups is 3. The first kappa shape index (κ1) is 18.1. The molecule has 2 aliphatic heterocycles. The first-order valence-corrected chi connectivity index (χ1v) is 10.4. The lowest BCUT2D eigenvalue weighted by Gasteiger charge is -2.35. The molecule has 27 heavy (non-hydrogen) atoms. The number of hydrogen-bond donors (Lipinski definition) is 0. The van der Waals surface area contributed by atoms with E-state index in [9.17, 15) is 22.8 Å². The van der Waals surface area contributed by atoms with Crippen LogP contribution in [0.15, 0.2) is 29.3 Å². The highest BCUT2D eigenvalue weighted by molar-refractivity contribution is 7.90. The molecule has 4 amide bonds. The van der Waals surface area contributed by atoms with Gasteiger partial charge in [-0.15, -0.1) is 0 Å². The zero-order valence-electron chi connectivity index (χ0n) is 14.7. The van der Waals surface area contributed by atoms with Crippen LogP contribution >= 0.6 is 0 Å². The van der Waals surface area contributed by atoms with E-state index in [-0.39, 0.29) is 43.9 Å². The van der Waals surface area contributed by atoms with Gasteiger partial charge in [-0.25, -0.2) is 13.2 Å². The minimum absolute atomic E-state index is 0.241. The lowest BCUT2D eigenvalue weighted by Crippen LogP contribution is -2.55. The predicted octanol–water partition coefficient (Wildman–Crippen LogP) is -0.232. The Morgan fingerprint density at radius 3 is 2.48 bits per heavy atom. The number of aliphatic imine (C=N–C) groups is 1. The van der Waals surface area contributed by atoms with Crippen LogP contribution in [0.25, 0.3) is 0 Å². The average Bonchev–Trinajstić information content (AvgIpc) is 3.51. The van der Waals surface area contributed by atoms with Crippen LogP contribution in [-0.2, 0) is 19.6 Å². The summed E-state index contributed by atoms with van der Waals surface area (Å²) >= 11 is 0. The van der Waals surface area contributed by atoms with Crippen LogP contribution in [0.3, 0.4) is 0 Å². The van der Waals surface area contributed by atoms with Gasteiger partial charge in [0.25, 0.3) is 0 Å². The maximum Gasteiger partial charge on any atom is 0.351 e. The van der Waals surface area contributed by atoms with Gasteiger partial charge in [-0.05, 0) is 18.9 Å². The second kappa shape index (κ2) is 6.68. The molecule has 1 atom stereocenters. The van der Waals surface area contributed by atoms with E-state index in [1.54, 1.807) is 24.3 Å². The summed E-state index contributed by atoms with van der Waals surface area (Å²) in [6, 6.07) is -0.741. The quantitative estimate of drug-likeness (QED) is 0.657. The van der Waals surface area contributed by atoms with Gasteiger partial charge in [0.2, 0.25) is 21.8 Å². The van der Waals surface area contributed by atoms with Crippen molar-refractivity contribution in [3.8, 4) is 0 Å². The Bertz CT molecular complexity index is 879. The number of nitrogens with zero attached hydrogens (tertiary/aromatic N) is 4. The highest BCUT2D eigenvalue weighted by Crippen LogP contribution is 2.31. The molecule has 144 valence electrons. The largest absolute Gasteiger partial charge is 0.351 e. The zero-order chi connectivity index (χ0) is 19.2. The summed E-state index contributed by atoms with van der Waals surface area (Å²) in [5, 5.41) is -0.270. The Balaban J connectivity index is 1.38. The number of allylic oxidation sites excluding steroid dienone is 3. The van der Waals surface area contributed by atoms with Crippen LogP contribution in [0.1, 0.15) is 12.8 Å². The monoisotopic (exact) mass is 392 g/mol. The molecule has 0 aromatic carbocycles. The summed E-state index contributed by atoms with van der Waals surface area (Å²) in [6.07, 6.45) is 8.07. The first-order valence-electron chi connectivity index (χ1n) is 8.93. The molecule has 1 saturated carbocycles. The fourth-order valence-corrected chi connectivity index (χ4v) is 5.26. The molecule has 0 spiro atoms. The molecule has 2 heterocycles. The van der Waals surface area contributed by atoms with Gasteiger partial charge in [-0.1, -0.05) is 18.2 Å². The molecule has 9 nitrogen and oxygen atoms in total. The third-order valence-corrected chi connectivity index (χ3v) is 7.58. The first-order chi connectivity index (χ1) is 12.9. The number of piperazine rings is 1. The van der Waals surface area contributed by atoms with Crippen molar-refractivity contribution >= 4 is 33.6 Å². The van der Waals surface area contributed by atoms with Crippen LogP contribution in [0.5, 0.6) is 0 Å². The predicted molar refractivity (Wildman–Crippen MR) is 96.4 cm³/mol. The van der Waals surface area contributed by atoms with Crippen LogP contribution in [-0.4, -0.2) is 84.1 Å². The molecule has 4 aliphatic rings. The number of rotatable bonds is 4. The number of sulfonamides is 1. The highest BCUT2D eigenvalue weighted by atomic mass is 32.2. The van der Waals surface area contributed by atoms with E-state index >= 15 is 0 Å².